The van der Waals surface area contributed by atoms with Crippen molar-refractivity contribution in [2.24, 2.45) is 0 Å². The van der Waals surface area contributed by atoms with Crippen LogP contribution in [0.4, 0.5) is 22.0 Å². The SMILES string of the molecule is Cc1c(P(c2ccccc2)c2ccccc2)n(Cc2c(F)c(F)c(F)c(F)c2F)c2ccccc12. The normalized spacial score (nSPS) is 11.5. The molecule has 7 heteroatoms. The van der Waals surface area contributed by atoms with Crippen LogP contribution in [-0.2, 0) is 6.54 Å². The molecule has 0 fully saturated rings. The van der Waals surface area contributed by atoms with Gasteiger partial charge in [-0.2, -0.15) is 0 Å². The Labute approximate surface area is 200 Å². The van der Waals surface area contributed by atoms with E-state index in [0.717, 1.165) is 27.0 Å². The fourth-order valence-electron chi connectivity index (χ4n) is 4.41. The highest BCUT2D eigenvalue weighted by Gasteiger charge is 2.29. The van der Waals surface area contributed by atoms with Crippen molar-refractivity contribution in [3.05, 3.63) is 125 Å². The van der Waals surface area contributed by atoms with Gasteiger partial charge >= 0.3 is 0 Å². The summed E-state index contributed by atoms with van der Waals surface area (Å²) < 4.78 is 73.0. The highest BCUT2D eigenvalue weighted by molar-refractivity contribution is 7.79. The van der Waals surface area contributed by atoms with E-state index in [1.54, 1.807) is 16.7 Å². The molecule has 0 saturated carbocycles. The maximum Gasteiger partial charge on any atom is 0.200 e. The number of para-hydroxylation sites is 1. The van der Waals surface area contributed by atoms with E-state index in [9.17, 15) is 22.0 Å². The Morgan fingerprint density at radius 1 is 0.600 bits per heavy atom. The van der Waals surface area contributed by atoms with Crippen molar-refractivity contribution in [1.29, 1.82) is 0 Å². The first kappa shape index (κ1) is 23.3. The van der Waals surface area contributed by atoms with Gasteiger partial charge in [0, 0.05) is 24.4 Å². The van der Waals surface area contributed by atoms with Crippen LogP contribution in [0.2, 0.25) is 0 Å². The summed E-state index contributed by atoms with van der Waals surface area (Å²) in [6.07, 6.45) is 0. The van der Waals surface area contributed by atoms with Crippen molar-refractivity contribution in [3.63, 3.8) is 0 Å². The average Bonchev–Trinajstić information content (AvgIpc) is 3.17. The van der Waals surface area contributed by atoms with E-state index in [1.165, 1.54) is 0 Å². The van der Waals surface area contributed by atoms with Crippen molar-refractivity contribution in [1.82, 2.24) is 4.57 Å². The maximum atomic E-state index is 14.7. The molecule has 0 radical (unpaired) electrons. The monoisotopic (exact) mass is 495 g/mol. The molecule has 0 spiro atoms. The number of halogens is 5. The van der Waals surface area contributed by atoms with Crippen LogP contribution in [0.25, 0.3) is 10.9 Å². The number of aromatic nitrogens is 1. The van der Waals surface area contributed by atoms with Gasteiger partial charge in [0.25, 0.3) is 0 Å². The Morgan fingerprint density at radius 3 is 1.60 bits per heavy atom. The van der Waals surface area contributed by atoms with Gasteiger partial charge < -0.3 is 4.57 Å². The largest absolute Gasteiger partial charge is 0.335 e. The Kier molecular flexibility index (Phi) is 6.16. The molecule has 0 atom stereocenters. The van der Waals surface area contributed by atoms with Crippen molar-refractivity contribution < 1.29 is 22.0 Å². The Bertz CT molecular complexity index is 1460. The molecular formula is C28H19F5NP. The second-order valence-corrected chi connectivity index (χ2v) is 10.2. The van der Waals surface area contributed by atoms with Crippen LogP contribution in [0.5, 0.6) is 0 Å². The molecule has 0 aliphatic heterocycles. The number of rotatable bonds is 5. The van der Waals surface area contributed by atoms with Gasteiger partial charge in [0.15, 0.2) is 23.3 Å². The summed E-state index contributed by atoms with van der Waals surface area (Å²) >= 11 is 0. The van der Waals surface area contributed by atoms with Crippen LogP contribution in [0.3, 0.4) is 0 Å². The van der Waals surface area contributed by atoms with E-state index in [-0.39, 0.29) is 0 Å². The molecular weight excluding hydrogens is 476 g/mol. The molecule has 4 aromatic carbocycles. The van der Waals surface area contributed by atoms with Crippen LogP contribution >= 0.6 is 7.92 Å². The molecule has 0 amide bonds. The van der Waals surface area contributed by atoms with Crippen molar-refractivity contribution >= 4 is 34.9 Å². The van der Waals surface area contributed by atoms with Crippen LogP contribution < -0.4 is 16.0 Å². The van der Waals surface area contributed by atoms with Gasteiger partial charge in [-0.15, -0.1) is 0 Å². The summed E-state index contributed by atoms with van der Waals surface area (Å²) in [7, 11) is -1.21. The lowest BCUT2D eigenvalue weighted by Crippen LogP contribution is -2.28. The van der Waals surface area contributed by atoms with E-state index in [1.807, 2.05) is 79.7 Å². The second kappa shape index (κ2) is 9.27. The quantitative estimate of drug-likeness (QED) is 0.114. The third kappa shape index (κ3) is 3.92. The van der Waals surface area contributed by atoms with Gasteiger partial charge in [0.1, 0.15) is 0 Å². The minimum atomic E-state index is -2.16. The van der Waals surface area contributed by atoms with Gasteiger partial charge in [-0.05, 0) is 29.2 Å². The van der Waals surface area contributed by atoms with E-state index in [2.05, 4.69) is 0 Å². The zero-order chi connectivity index (χ0) is 24.7. The summed E-state index contributed by atoms with van der Waals surface area (Å²) in [5.41, 5.74) is 1.47. The maximum absolute atomic E-state index is 14.7. The van der Waals surface area contributed by atoms with E-state index >= 15 is 0 Å². The predicted molar refractivity (Wildman–Crippen MR) is 131 cm³/mol. The third-order valence-corrected chi connectivity index (χ3v) is 8.68. The standard InChI is InChI=1S/C28H19F5NP/c1-17-20-14-8-9-15-22(20)34(16-21-23(29)25(31)27(33)26(32)24(21)30)28(17)35(18-10-4-2-5-11-18)19-12-6-3-7-13-19/h2-15H,16H2,1H3. The summed E-state index contributed by atoms with van der Waals surface area (Å²) in [5, 5.41) is 2.85. The first-order valence-electron chi connectivity index (χ1n) is 10.9. The first-order valence-corrected chi connectivity index (χ1v) is 12.2. The third-order valence-electron chi connectivity index (χ3n) is 6.05. The van der Waals surface area contributed by atoms with Gasteiger partial charge in [0.05, 0.1) is 12.0 Å². The van der Waals surface area contributed by atoms with Crippen molar-refractivity contribution in [2.75, 3.05) is 0 Å². The Hall–Kier alpha value is -3.50. The van der Waals surface area contributed by atoms with Crippen LogP contribution in [0, 0.1) is 36.0 Å². The Balaban J connectivity index is 1.82. The van der Waals surface area contributed by atoms with E-state index in [0.29, 0.717) is 5.52 Å². The predicted octanol–water partition coefficient (Wildman–Crippen LogP) is 6.45. The molecule has 0 aliphatic carbocycles. The molecule has 176 valence electrons. The van der Waals surface area contributed by atoms with Gasteiger partial charge in [0.2, 0.25) is 5.82 Å². The lowest BCUT2D eigenvalue weighted by molar-refractivity contribution is 0.368. The number of hydrogen-bond acceptors (Lipinski definition) is 0. The molecule has 0 bridgehead atoms. The number of hydrogen-bond donors (Lipinski definition) is 0. The molecule has 1 heterocycles. The summed E-state index contributed by atoms with van der Waals surface area (Å²) in [4.78, 5) is 0. The van der Waals surface area contributed by atoms with Crippen LogP contribution in [0.15, 0.2) is 84.9 Å². The molecule has 1 nitrogen and oxygen atoms in total. The topological polar surface area (TPSA) is 4.93 Å². The van der Waals surface area contributed by atoms with Crippen LogP contribution in [-0.4, -0.2) is 4.57 Å². The highest BCUT2D eigenvalue weighted by Crippen LogP contribution is 2.38. The highest BCUT2D eigenvalue weighted by atomic mass is 31.1. The van der Waals surface area contributed by atoms with Gasteiger partial charge in [-0.1, -0.05) is 78.9 Å². The number of fused-ring (bicyclic) bond motifs is 1. The van der Waals surface area contributed by atoms with Crippen LogP contribution in [0.1, 0.15) is 11.1 Å². The average molecular weight is 495 g/mol. The lowest BCUT2D eigenvalue weighted by Gasteiger charge is -2.23. The van der Waals surface area contributed by atoms with Crippen molar-refractivity contribution in [2.45, 2.75) is 13.5 Å². The summed E-state index contributed by atoms with van der Waals surface area (Å²) in [6, 6.07) is 26.7. The molecule has 5 aromatic rings. The minimum absolute atomic E-state index is 0.506. The molecule has 0 N–H and O–H groups in total. The zero-order valence-electron chi connectivity index (χ0n) is 18.6. The van der Waals surface area contributed by atoms with Gasteiger partial charge in [-0.3, -0.25) is 0 Å². The fraction of sp³-hybridized carbons (Fsp3) is 0.0714. The number of benzene rings is 4. The smallest absolute Gasteiger partial charge is 0.200 e. The van der Waals surface area contributed by atoms with E-state index in [4.69, 9.17) is 0 Å². The van der Waals surface area contributed by atoms with E-state index < -0.39 is 49.1 Å². The Morgan fingerprint density at radius 2 is 1.06 bits per heavy atom. The molecule has 35 heavy (non-hydrogen) atoms. The lowest BCUT2D eigenvalue weighted by atomic mass is 10.1. The summed E-state index contributed by atoms with van der Waals surface area (Å²) in [5.74, 6) is -9.67. The van der Waals surface area contributed by atoms with Crippen molar-refractivity contribution in [3.8, 4) is 0 Å². The fourth-order valence-corrected chi connectivity index (χ4v) is 7.01. The van der Waals surface area contributed by atoms with Gasteiger partial charge in [-0.25, -0.2) is 22.0 Å². The second-order valence-electron chi connectivity index (χ2n) is 8.11. The molecule has 0 saturated heterocycles. The number of nitrogens with zero attached hydrogens (tertiary/aromatic N) is 1. The molecule has 5 rings (SSSR count). The molecule has 1 aromatic heterocycles. The summed E-state index contributed by atoms with van der Waals surface area (Å²) in [6.45, 7) is 1.42. The minimum Gasteiger partial charge on any atom is -0.335 e. The zero-order valence-corrected chi connectivity index (χ0v) is 19.5. The number of aryl methyl sites for hydroxylation is 1. The first-order chi connectivity index (χ1) is 16.9. The molecule has 0 aliphatic rings. The molecule has 0 unspecified atom stereocenters.